The summed E-state index contributed by atoms with van der Waals surface area (Å²) in [5, 5.41) is 18.4. The highest BCUT2D eigenvalue weighted by Crippen LogP contribution is 2.35. The zero-order valence-corrected chi connectivity index (χ0v) is 10.5. The molecule has 0 saturated carbocycles. The Bertz CT molecular complexity index is 546. The van der Waals surface area contributed by atoms with Crippen LogP contribution in [0.5, 0.6) is 11.5 Å². The molecule has 0 aliphatic heterocycles. The number of esters is 1. The quantitative estimate of drug-likeness (QED) is 0.515. The fourth-order valence-electron chi connectivity index (χ4n) is 1.25. The Kier molecular flexibility index (Phi) is 4.58. The lowest BCUT2D eigenvalue weighted by atomic mass is 10.1. The number of phenols is 1. The molecule has 1 aromatic rings. The number of methoxy groups -OCH3 is 2. The maximum atomic E-state index is 11.2. The molecule has 0 bridgehead atoms. The second-order valence-corrected chi connectivity index (χ2v) is 3.62. The van der Waals surface area contributed by atoms with E-state index in [1.807, 2.05) is 0 Å². The van der Waals surface area contributed by atoms with Crippen molar-refractivity contribution < 1.29 is 19.4 Å². The molecular formula is C12H10ClNO4. The second kappa shape index (κ2) is 5.94. The molecule has 0 aromatic heterocycles. The number of nitrogens with zero attached hydrogens (tertiary/aromatic N) is 1. The van der Waals surface area contributed by atoms with E-state index in [-0.39, 0.29) is 22.1 Å². The van der Waals surface area contributed by atoms with Crippen molar-refractivity contribution in [2.75, 3.05) is 14.2 Å². The first-order valence-corrected chi connectivity index (χ1v) is 5.18. The Morgan fingerprint density at radius 1 is 1.50 bits per heavy atom. The van der Waals surface area contributed by atoms with E-state index in [1.54, 1.807) is 6.07 Å². The third-order valence-electron chi connectivity index (χ3n) is 2.11. The minimum Gasteiger partial charge on any atom is -0.503 e. The van der Waals surface area contributed by atoms with E-state index < -0.39 is 5.97 Å². The first kappa shape index (κ1) is 13.9. The highest BCUT2D eigenvalue weighted by atomic mass is 35.5. The zero-order valence-electron chi connectivity index (χ0n) is 9.73. The Morgan fingerprint density at radius 3 is 2.67 bits per heavy atom. The summed E-state index contributed by atoms with van der Waals surface area (Å²) in [6.07, 6.45) is 1.29. The summed E-state index contributed by atoms with van der Waals surface area (Å²) >= 11 is 5.78. The summed E-state index contributed by atoms with van der Waals surface area (Å²) in [6.45, 7) is 0. The summed E-state index contributed by atoms with van der Waals surface area (Å²) in [5.41, 5.74) is 0.262. The van der Waals surface area contributed by atoms with Crippen molar-refractivity contribution in [3.63, 3.8) is 0 Å². The van der Waals surface area contributed by atoms with Crippen LogP contribution < -0.4 is 4.74 Å². The minimum absolute atomic E-state index is 0.0581. The van der Waals surface area contributed by atoms with Crippen molar-refractivity contribution in [2.24, 2.45) is 0 Å². The van der Waals surface area contributed by atoms with Crippen LogP contribution in [0.15, 0.2) is 17.7 Å². The van der Waals surface area contributed by atoms with Gasteiger partial charge in [-0.15, -0.1) is 0 Å². The van der Waals surface area contributed by atoms with Crippen molar-refractivity contribution in [1.29, 1.82) is 5.26 Å². The average Bonchev–Trinajstić information content (AvgIpc) is 2.38. The van der Waals surface area contributed by atoms with Crippen molar-refractivity contribution in [1.82, 2.24) is 0 Å². The molecule has 0 saturated heterocycles. The number of carbonyl (C=O) groups excluding carboxylic acids is 1. The minimum atomic E-state index is -0.749. The van der Waals surface area contributed by atoms with Gasteiger partial charge in [-0.1, -0.05) is 11.6 Å². The number of ether oxygens (including phenoxy) is 2. The van der Waals surface area contributed by atoms with Crippen LogP contribution in [0, 0.1) is 11.3 Å². The largest absolute Gasteiger partial charge is 0.503 e. The van der Waals surface area contributed by atoms with Crippen LogP contribution in [-0.2, 0) is 9.53 Å². The van der Waals surface area contributed by atoms with E-state index in [0.717, 1.165) is 0 Å². The Hall–Kier alpha value is -2.19. The molecule has 1 aromatic carbocycles. The van der Waals surface area contributed by atoms with Crippen LogP contribution >= 0.6 is 11.6 Å². The fourth-order valence-corrected chi connectivity index (χ4v) is 1.47. The van der Waals surface area contributed by atoms with Crippen LogP contribution in [0.2, 0.25) is 5.02 Å². The van der Waals surface area contributed by atoms with Gasteiger partial charge in [0.2, 0.25) is 0 Å². The third-order valence-corrected chi connectivity index (χ3v) is 2.40. The zero-order chi connectivity index (χ0) is 13.7. The molecule has 0 fully saturated rings. The lowest BCUT2D eigenvalue weighted by molar-refractivity contribution is -0.135. The van der Waals surface area contributed by atoms with Gasteiger partial charge in [-0.25, -0.2) is 4.79 Å². The topological polar surface area (TPSA) is 79.6 Å². The highest BCUT2D eigenvalue weighted by Gasteiger charge is 2.12. The van der Waals surface area contributed by atoms with Crippen LogP contribution in [0.25, 0.3) is 6.08 Å². The van der Waals surface area contributed by atoms with Crippen molar-refractivity contribution in [3.05, 3.63) is 28.3 Å². The number of aromatic hydroxyl groups is 1. The average molecular weight is 268 g/mol. The molecular weight excluding hydrogens is 258 g/mol. The number of phenolic OH excluding ortho intramolecular Hbond substituents is 1. The molecule has 0 spiro atoms. The van der Waals surface area contributed by atoms with Gasteiger partial charge in [0.15, 0.2) is 11.5 Å². The molecule has 1 N–H and O–H groups in total. The van der Waals surface area contributed by atoms with Crippen LogP contribution in [0.3, 0.4) is 0 Å². The molecule has 6 heteroatoms. The maximum Gasteiger partial charge on any atom is 0.348 e. The molecule has 1 rings (SSSR count). The summed E-state index contributed by atoms with van der Waals surface area (Å²) in [4.78, 5) is 11.2. The molecule has 18 heavy (non-hydrogen) atoms. The molecule has 0 heterocycles. The first-order valence-electron chi connectivity index (χ1n) is 4.80. The number of carbonyl (C=O) groups is 1. The standard InChI is InChI=1S/C12H10ClNO4/c1-17-10-5-7(4-9(13)11(10)15)3-8(6-14)12(16)18-2/h3-5,15H,1-2H3/b8-3+. The van der Waals surface area contributed by atoms with Gasteiger partial charge in [-0.2, -0.15) is 5.26 Å². The third kappa shape index (κ3) is 2.93. The Balaban J connectivity index is 3.27. The number of halogens is 1. The van der Waals surface area contributed by atoms with Crippen molar-refractivity contribution >= 4 is 23.6 Å². The molecule has 0 atom stereocenters. The molecule has 94 valence electrons. The number of benzene rings is 1. The molecule has 0 unspecified atom stereocenters. The SMILES string of the molecule is COC(=O)/C(C#N)=C/c1cc(Cl)c(O)c(OC)c1. The number of hydrogen-bond donors (Lipinski definition) is 1. The summed E-state index contributed by atoms with van der Waals surface area (Å²) in [6, 6.07) is 4.56. The van der Waals surface area contributed by atoms with Crippen molar-refractivity contribution in [3.8, 4) is 17.6 Å². The van der Waals surface area contributed by atoms with E-state index in [9.17, 15) is 9.90 Å². The lowest BCUT2D eigenvalue weighted by Crippen LogP contribution is -2.02. The molecule has 0 aliphatic carbocycles. The molecule has 0 amide bonds. The summed E-state index contributed by atoms with van der Waals surface area (Å²) in [5.74, 6) is -0.801. The van der Waals surface area contributed by atoms with Gasteiger partial charge in [0.05, 0.1) is 19.2 Å². The Labute approximate surface area is 109 Å². The first-order chi connectivity index (χ1) is 8.53. The van der Waals surface area contributed by atoms with Gasteiger partial charge in [-0.05, 0) is 23.8 Å². The molecule has 0 radical (unpaired) electrons. The van der Waals surface area contributed by atoms with Gasteiger partial charge in [0, 0.05) is 0 Å². The monoisotopic (exact) mass is 267 g/mol. The van der Waals surface area contributed by atoms with E-state index in [0.29, 0.717) is 5.56 Å². The second-order valence-electron chi connectivity index (χ2n) is 3.21. The summed E-state index contributed by atoms with van der Waals surface area (Å²) in [7, 11) is 2.54. The number of nitriles is 1. The number of rotatable bonds is 3. The predicted molar refractivity (Wildman–Crippen MR) is 65.3 cm³/mol. The van der Waals surface area contributed by atoms with Gasteiger partial charge >= 0.3 is 5.97 Å². The Morgan fingerprint density at radius 2 is 2.17 bits per heavy atom. The van der Waals surface area contributed by atoms with E-state index >= 15 is 0 Å². The molecule has 5 nitrogen and oxygen atoms in total. The summed E-state index contributed by atoms with van der Waals surface area (Å²) < 4.78 is 9.35. The van der Waals surface area contributed by atoms with E-state index in [4.69, 9.17) is 21.6 Å². The van der Waals surface area contributed by atoms with Crippen LogP contribution in [-0.4, -0.2) is 25.3 Å². The van der Waals surface area contributed by atoms with Gasteiger partial charge in [0.1, 0.15) is 11.6 Å². The fraction of sp³-hybridized carbons (Fsp3) is 0.167. The van der Waals surface area contributed by atoms with E-state index in [2.05, 4.69) is 4.74 Å². The maximum absolute atomic E-state index is 11.2. The van der Waals surface area contributed by atoms with Crippen LogP contribution in [0.1, 0.15) is 5.56 Å². The normalized spacial score (nSPS) is 10.7. The van der Waals surface area contributed by atoms with Gasteiger partial charge < -0.3 is 14.6 Å². The van der Waals surface area contributed by atoms with Crippen LogP contribution in [0.4, 0.5) is 0 Å². The highest BCUT2D eigenvalue weighted by molar-refractivity contribution is 6.32. The molecule has 0 aliphatic rings. The smallest absolute Gasteiger partial charge is 0.348 e. The van der Waals surface area contributed by atoms with Gasteiger partial charge in [-0.3, -0.25) is 0 Å². The van der Waals surface area contributed by atoms with E-state index in [1.165, 1.54) is 32.4 Å². The predicted octanol–water partition coefficient (Wildman–Crippen LogP) is 2.13. The van der Waals surface area contributed by atoms with Crippen molar-refractivity contribution in [2.45, 2.75) is 0 Å². The number of hydrogen-bond acceptors (Lipinski definition) is 5. The van der Waals surface area contributed by atoms with Gasteiger partial charge in [0.25, 0.3) is 0 Å². The lowest BCUT2D eigenvalue weighted by Gasteiger charge is -2.06.